The number of Topliss-reactive ketones (excluding diaryl/α,β-unsaturated/α-hetero) is 1. The number of rotatable bonds is 4. The van der Waals surface area contributed by atoms with Crippen LogP contribution in [0.5, 0.6) is 0 Å². The maximum atomic E-state index is 12.6. The van der Waals surface area contributed by atoms with Gasteiger partial charge in [-0.15, -0.1) is 0 Å². The second kappa shape index (κ2) is 8.62. The Morgan fingerprint density at radius 2 is 1.41 bits per heavy atom. The predicted molar refractivity (Wildman–Crippen MR) is 104 cm³/mol. The highest BCUT2D eigenvalue weighted by molar-refractivity contribution is 5.94. The van der Waals surface area contributed by atoms with Crippen LogP contribution in [0.25, 0.3) is 0 Å². The molecular formula is C22H24N2O3. The summed E-state index contributed by atoms with van der Waals surface area (Å²) in [6.45, 7) is 3.93. The minimum atomic E-state index is 0.0172. The van der Waals surface area contributed by atoms with Crippen molar-refractivity contribution in [2.24, 2.45) is 0 Å². The standard InChI is InChI=1S/C22H24N2O3/c1-17(25)19-10-8-18(9-11-19)16-21(26)23-12-5-13-24(15-14-23)22(27)20-6-3-2-4-7-20/h2-4,6-11H,5,12-16H2,1H3. The van der Waals surface area contributed by atoms with E-state index in [4.69, 9.17) is 0 Å². The molecule has 1 aliphatic rings. The lowest BCUT2D eigenvalue weighted by Crippen LogP contribution is -2.38. The molecule has 0 aromatic heterocycles. The zero-order chi connectivity index (χ0) is 19.2. The van der Waals surface area contributed by atoms with Crippen molar-refractivity contribution in [1.29, 1.82) is 0 Å². The van der Waals surface area contributed by atoms with E-state index in [2.05, 4.69) is 0 Å². The largest absolute Gasteiger partial charge is 0.341 e. The van der Waals surface area contributed by atoms with E-state index in [0.717, 1.165) is 12.0 Å². The number of carbonyl (C=O) groups excluding carboxylic acids is 3. The van der Waals surface area contributed by atoms with Crippen molar-refractivity contribution < 1.29 is 14.4 Å². The number of amides is 2. The zero-order valence-electron chi connectivity index (χ0n) is 15.6. The Hall–Kier alpha value is -2.95. The molecular weight excluding hydrogens is 340 g/mol. The minimum absolute atomic E-state index is 0.0172. The van der Waals surface area contributed by atoms with Crippen molar-refractivity contribution >= 4 is 17.6 Å². The van der Waals surface area contributed by atoms with Gasteiger partial charge in [0.2, 0.25) is 5.91 Å². The predicted octanol–water partition coefficient (Wildman–Crippen LogP) is 2.81. The summed E-state index contributed by atoms with van der Waals surface area (Å²) in [6.07, 6.45) is 1.08. The SMILES string of the molecule is CC(=O)c1ccc(CC(=O)N2CCCN(C(=O)c3ccccc3)CC2)cc1. The van der Waals surface area contributed by atoms with Crippen LogP contribution in [-0.4, -0.2) is 53.6 Å². The van der Waals surface area contributed by atoms with Crippen LogP contribution in [0.1, 0.15) is 39.6 Å². The number of ketones is 1. The summed E-state index contributed by atoms with van der Waals surface area (Å²) in [5, 5.41) is 0. The lowest BCUT2D eigenvalue weighted by molar-refractivity contribution is -0.130. The Morgan fingerprint density at radius 3 is 2.07 bits per heavy atom. The molecule has 27 heavy (non-hydrogen) atoms. The van der Waals surface area contributed by atoms with Crippen molar-refractivity contribution in [2.45, 2.75) is 19.8 Å². The second-order valence-corrected chi connectivity index (χ2v) is 6.82. The number of hydrogen-bond acceptors (Lipinski definition) is 3. The number of nitrogens with zero attached hydrogens (tertiary/aromatic N) is 2. The molecule has 5 nitrogen and oxygen atoms in total. The van der Waals surface area contributed by atoms with Gasteiger partial charge in [-0.25, -0.2) is 0 Å². The first-order chi connectivity index (χ1) is 13.0. The summed E-state index contributed by atoms with van der Waals surface area (Å²) in [6, 6.07) is 16.4. The Bertz CT molecular complexity index is 815. The molecule has 2 aromatic rings. The van der Waals surface area contributed by atoms with E-state index in [0.29, 0.717) is 43.7 Å². The summed E-state index contributed by atoms with van der Waals surface area (Å²) < 4.78 is 0. The van der Waals surface area contributed by atoms with Crippen molar-refractivity contribution in [3.05, 3.63) is 71.3 Å². The van der Waals surface area contributed by atoms with Gasteiger partial charge in [0.25, 0.3) is 5.91 Å². The van der Waals surface area contributed by atoms with Crippen LogP contribution in [0.15, 0.2) is 54.6 Å². The highest BCUT2D eigenvalue weighted by Crippen LogP contribution is 2.12. The fourth-order valence-corrected chi connectivity index (χ4v) is 3.28. The Kier molecular flexibility index (Phi) is 6.01. The van der Waals surface area contributed by atoms with Gasteiger partial charge in [-0.1, -0.05) is 42.5 Å². The summed E-state index contributed by atoms with van der Waals surface area (Å²) >= 11 is 0. The summed E-state index contributed by atoms with van der Waals surface area (Å²) in [7, 11) is 0. The summed E-state index contributed by atoms with van der Waals surface area (Å²) in [5.41, 5.74) is 2.23. The lowest BCUT2D eigenvalue weighted by Gasteiger charge is -2.22. The first-order valence-electron chi connectivity index (χ1n) is 9.26. The molecule has 0 radical (unpaired) electrons. The summed E-state index contributed by atoms with van der Waals surface area (Å²) in [4.78, 5) is 40.2. The van der Waals surface area contributed by atoms with Crippen molar-refractivity contribution in [3.8, 4) is 0 Å². The third-order valence-corrected chi connectivity index (χ3v) is 4.87. The van der Waals surface area contributed by atoms with E-state index in [1.807, 2.05) is 52.3 Å². The molecule has 0 spiro atoms. The van der Waals surface area contributed by atoms with Crippen LogP contribution in [0.3, 0.4) is 0 Å². The van der Waals surface area contributed by atoms with Crippen molar-refractivity contribution in [2.75, 3.05) is 26.2 Å². The van der Waals surface area contributed by atoms with Crippen LogP contribution in [0, 0.1) is 0 Å². The quantitative estimate of drug-likeness (QED) is 0.784. The highest BCUT2D eigenvalue weighted by Gasteiger charge is 2.22. The van der Waals surface area contributed by atoms with Crippen LogP contribution in [-0.2, 0) is 11.2 Å². The summed E-state index contributed by atoms with van der Waals surface area (Å²) in [5.74, 6) is 0.0906. The third-order valence-electron chi connectivity index (χ3n) is 4.87. The third kappa shape index (κ3) is 4.82. The zero-order valence-corrected chi connectivity index (χ0v) is 15.6. The monoisotopic (exact) mass is 364 g/mol. The average molecular weight is 364 g/mol. The molecule has 0 unspecified atom stereocenters. The number of hydrogen-bond donors (Lipinski definition) is 0. The van der Waals surface area contributed by atoms with E-state index in [1.165, 1.54) is 6.92 Å². The van der Waals surface area contributed by atoms with Crippen LogP contribution in [0.2, 0.25) is 0 Å². The van der Waals surface area contributed by atoms with Crippen molar-refractivity contribution in [1.82, 2.24) is 9.80 Å². The molecule has 0 aliphatic carbocycles. The maximum Gasteiger partial charge on any atom is 0.253 e. The molecule has 140 valence electrons. The smallest absolute Gasteiger partial charge is 0.253 e. The van der Waals surface area contributed by atoms with Crippen LogP contribution < -0.4 is 0 Å². The fraction of sp³-hybridized carbons (Fsp3) is 0.318. The molecule has 1 fully saturated rings. The van der Waals surface area contributed by atoms with Gasteiger partial charge in [0.15, 0.2) is 5.78 Å². The van der Waals surface area contributed by atoms with E-state index in [-0.39, 0.29) is 17.6 Å². The first-order valence-corrected chi connectivity index (χ1v) is 9.26. The van der Waals surface area contributed by atoms with E-state index in [9.17, 15) is 14.4 Å². The Morgan fingerprint density at radius 1 is 0.778 bits per heavy atom. The van der Waals surface area contributed by atoms with Gasteiger partial charge < -0.3 is 9.80 Å². The molecule has 2 aromatic carbocycles. The van der Waals surface area contributed by atoms with Gasteiger partial charge in [-0.3, -0.25) is 14.4 Å². The Labute approximate surface area is 159 Å². The fourth-order valence-electron chi connectivity index (χ4n) is 3.28. The number of benzene rings is 2. The van der Waals surface area contributed by atoms with E-state index < -0.39 is 0 Å². The number of carbonyl (C=O) groups is 3. The van der Waals surface area contributed by atoms with Gasteiger partial charge in [0.05, 0.1) is 6.42 Å². The van der Waals surface area contributed by atoms with E-state index >= 15 is 0 Å². The Balaban J connectivity index is 1.58. The molecule has 3 rings (SSSR count). The molecule has 0 bridgehead atoms. The second-order valence-electron chi connectivity index (χ2n) is 6.82. The lowest BCUT2D eigenvalue weighted by atomic mass is 10.1. The maximum absolute atomic E-state index is 12.6. The topological polar surface area (TPSA) is 57.7 Å². The van der Waals surface area contributed by atoms with Gasteiger partial charge in [0.1, 0.15) is 0 Å². The van der Waals surface area contributed by atoms with Gasteiger partial charge in [0, 0.05) is 37.3 Å². The molecule has 2 amide bonds. The van der Waals surface area contributed by atoms with Gasteiger partial charge >= 0.3 is 0 Å². The van der Waals surface area contributed by atoms with Crippen LogP contribution >= 0.6 is 0 Å². The molecule has 5 heteroatoms. The molecule has 1 saturated heterocycles. The van der Waals surface area contributed by atoms with Crippen molar-refractivity contribution in [3.63, 3.8) is 0 Å². The van der Waals surface area contributed by atoms with E-state index in [1.54, 1.807) is 12.1 Å². The minimum Gasteiger partial charge on any atom is -0.341 e. The van der Waals surface area contributed by atoms with Gasteiger partial charge in [-0.2, -0.15) is 0 Å². The molecule has 0 N–H and O–H groups in total. The molecule has 1 heterocycles. The van der Waals surface area contributed by atoms with Crippen LogP contribution in [0.4, 0.5) is 0 Å². The van der Waals surface area contributed by atoms with Gasteiger partial charge in [-0.05, 0) is 31.0 Å². The molecule has 0 saturated carbocycles. The first kappa shape index (κ1) is 18.8. The highest BCUT2D eigenvalue weighted by atomic mass is 16.2. The average Bonchev–Trinajstić information content (AvgIpc) is 2.95. The normalized spacial score (nSPS) is 14.6. The molecule has 1 aliphatic heterocycles. The molecule has 0 atom stereocenters.